The third kappa shape index (κ3) is 6.65. The topological polar surface area (TPSA) is 88.2 Å². The maximum atomic E-state index is 12.6. The number of hydrogen-bond donors (Lipinski definition) is 1. The molecular weight excluding hydrogens is 382 g/mol. The van der Waals surface area contributed by atoms with Crippen molar-refractivity contribution in [1.29, 1.82) is 0 Å². The van der Waals surface area contributed by atoms with E-state index >= 15 is 0 Å². The predicted molar refractivity (Wildman–Crippen MR) is 107 cm³/mol. The van der Waals surface area contributed by atoms with Crippen molar-refractivity contribution < 1.29 is 22.7 Å². The predicted octanol–water partition coefficient (Wildman–Crippen LogP) is 1.92. The van der Waals surface area contributed by atoms with E-state index in [1.54, 1.807) is 23.1 Å². The van der Waals surface area contributed by atoms with Crippen LogP contribution in [0.25, 0.3) is 0 Å². The minimum Gasteiger partial charge on any atom is -0.492 e. The summed E-state index contributed by atoms with van der Waals surface area (Å²) in [6, 6.07) is 6.60. The van der Waals surface area contributed by atoms with E-state index in [-0.39, 0.29) is 17.5 Å². The Hall–Kier alpha value is -1.84. The first-order valence-electron chi connectivity index (χ1n) is 9.54. The van der Waals surface area contributed by atoms with Crippen molar-refractivity contribution in [2.45, 2.75) is 38.2 Å². The van der Waals surface area contributed by atoms with Crippen LogP contribution in [0.2, 0.25) is 0 Å². The number of carbonyl (C=O) groups excluding carboxylic acids is 1. The van der Waals surface area contributed by atoms with E-state index in [4.69, 9.17) is 9.47 Å². The SMILES string of the molecule is CCOc1ccccc1S(=O)(=O)NCCN1CCN(C(=O)OC(C)(C)C)CC1. The Bertz CT molecular complexity index is 753. The van der Waals surface area contributed by atoms with Crippen LogP contribution in [0.15, 0.2) is 29.2 Å². The molecule has 158 valence electrons. The van der Waals surface area contributed by atoms with Gasteiger partial charge in [-0.25, -0.2) is 17.9 Å². The molecule has 1 aromatic carbocycles. The maximum Gasteiger partial charge on any atom is 0.410 e. The van der Waals surface area contributed by atoms with Gasteiger partial charge in [-0.1, -0.05) is 12.1 Å². The highest BCUT2D eigenvalue weighted by molar-refractivity contribution is 7.89. The van der Waals surface area contributed by atoms with Crippen molar-refractivity contribution in [3.63, 3.8) is 0 Å². The number of carbonyl (C=O) groups is 1. The first kappa shape index (κ1) is 22.4. The standard InChI is InChI=1S/C19H31N3O5S/c1-5-26-16-8-6-7-9-17(16)28(24,25)20-10-11-21-12-14-22(15-13-21)18(23)27-19(2,3)4/h6-9,20H,5,10-15H2,1-4H3. The van der Waals surface area contributed by atoms with E-state index in [9.17, 15) is 13.2 Å². The smallest absolute Gasteiger partial charge is 0.410 e. The molecule has 0 unspecified atom stereocenters. The molecule has 9 heteroatoms. The Morgan fingerprint density at radius 1 is 1.14 bits per heavy atom. The van der Waals surface area contributed by atoms with Gasteiger partial charge in [-0.2, -0.15) is 0 Å². The molecule has 2 rings (SSSR count). The lowest BCUT2D eigenvalue weighted by Crippen LogP contribution is -2.51. The Morgan fingerprint density at radius 3 is 2.39 bits per heavy atom. The molecule has 0 saturated carbocycles. The molecule has 1 aromatic rings. The highest BCUT2D eigenvalue weighted by atomic mass is 32.2. The number of sulfonamides is 1. The molecule has 0 aliphatic carbocycles. The molecule has 1 aliphatic heterocycles. The van der Waals surface area contributed by atoms with Crippen molar-refractivity contribution in [1.82, 2.24) is 14.5 Å². The van der Waals surface area contributed by atoms with Gasteiger partial charge >= 0.3 is 6.09 Å². The van der Waals surface area contributed by atoms with E-state index in [0.29, 0.717) is 45.1 Å². The van der Waals surface area contributed by atoms with E-state index in [1.165, 1.54) is 6.07 Å². The third-order valence-corrected chi connectivity index (χ3v) is 5.68. The van der Waals surface area contributed by atoms with Crippen LogP contribution in [-0.2, 0) is 14.8 Å². The fourth-order valence-corrected chi connectivity index (χ4v) is 4.01. The van der Waals surface area contributed by atoms with Crippen LogP contribution in [0.4, 0.5) is 4.79 Å². The molecule has 28 heavy (non-hydrogen) atoms. The normalized spacial score (nSPS) is 16.1. The number of hydrogen-bond acceptors (Lipinski definition) is 6. The summed E-state index contributed by atoms with van der Waals surface area (Å²) < 4.78 is 38.6. The lowest BCUT2D eigenvalue weighted by Gasteiger charge is -2.35. The van der Waals surface area contributed by atoms with Crippen molar-refractivity contribution in [2.24, 2.45) is 0 Å². The van der Waals surface area contributed by atoms with Crippen LogP contribution in [0.3, 0.4) is 0 Å². The molecule has 0 atom stereocenters. The second-order valence-electron chi connectivity index (χ2n) is 7.59. The van der Waals surface area contributed by atoms with Gasteiger partial charge in [0, 0.05) is 39.3 Å². The van der Waals surface area contributed by atoms with Crippen molar-refractivity contribution in [2.75, 3.05) is 45.9 Å². The third-order valence-electron chi connectivity index (χ3n) is 4.18. The molecule has 1 fully saturated rings. The lowest BCUT2D eigenvalue weighted by molar-refractivity contribution is 0.0147. The molecule has 0 spiro atoms. The Morgan fingerprint density at radius 2 is 1.79 bits per heavy atom. The molecule has 1 heterocycles. The summed E-state index contributed by atoms with van der Waals surface area (Å²) in [5, 5.41) is 0. The first-order valence-corrected chi connectivity index (χ1v) is 11.0. The zero-order valence-corrected chi connectivity index (χ0v) is 17.9. The Kier molecular flexibility index (Phi) is 7.68. The average molecular weight is 414 g/mol. The molecule has 1 amide bonds. The zero-order valence-electron chi connectivity index (χ0n) is 17.1. The molecule has 8 nitrogen and oxygen atoms in total. The Balaban J connectivity index is 1.81. The van der Waals surface area contributed by atoms with Crippen LogP contribution in [0, 0.1) is 0 Å². The van der Waals surface area contributed by atoms with Gasteiger partial charge in [0.15, 0.2) is 0 Å². The Labute approximate surface area is 167 Å². The monoisotopic (exact) mass is 413 g/mol. The van der Waals surface area contributed by atoms with E-state index in [1.807, 2.05) is 27.7 Å². The summed E-state index contributed by atoms with van der Waals surface area (Å²) >= 11 is 0. The summed E-state index contributed by atoms with van der Waals surface area (Å²) in [6.45, 7) is 11.1. The van der Waals surface area contributed by atoms with Gasteiger partial charge in [0.05, 0.1) is 6.61 Å². The number of benzene rings is 1. The van der Waals surface area contributed by atoms with Gasteiger partial charge in [0.1, 0.15) is 16.2 Å². The summed E-state index contributed by atoms with van der Waals surface area (Å²) in [5.41, 5.74) is -0.510. The number of nitrogens with one attached hydrogen (secondary N) is 1. The summed E-state index contributed by atoms with van der Waals surface area (Å²) in [6.07, 6.45) is -0.305. The molecule has 0 aromatic heterocycles. The number of para-hydroxylation sites is 1. The largest absolute Gasteiger partial charge is 0.492 e. The highest BCUT2D eigenvalue weighted by Gasteiger charge is 2.26. The van der Waals surface area contributed by atoms with Gasteiger partial charge in [0.25, 0.3) is 0 Å². The number of rotatable bonds is 7. The van der Waals surface area contributed by atoms with Gasteiger partial charge in [0.2, 0.25) is 10.0 Å². The summed E-state index contributed by atoms with van der Waals surface area (Å²) in [4.78, 5) is 16.0. The first-order chi connectivity index (χ1) is 13.1. The van der Waals surface area contributed by atoms with Crippen LogP contribution < -0.4 is 9.46 Å². The molecule has 1 saturated heterocycles. The van der Waals surface area contributed by atoms with E-state index < -0.39 is 15.6 Å². The maximum absolute atomic E-state index is 12.6. The van der Waals surface area contributed by atoms with Crippen molar-refractivity contribution in [3.05, 3.63) is 24.3 Å². The zero-order chi connectivity index (χ0) is 20.8. The summed E-state index contributed by atoms with van der Waals surface area (Å²) in [5.74, 6) is 0.350. The van der Waals surface area contributed by atoms with Crippen molar-refractivity contribution in [3.8, 4) is 5.75 Å². The molecule has 0 radical (unpaired) electrons. The van der Waals surface area contributed by atoms with Gasteiger partial charge in [-0.15, -0.1) is 0 Å². The number of piperazine rings is 1. The quantitative estimate of drug-likeness (QED) is 0.735. The van der Waals surface area contributed by atoms with E-state index in [0.717, 1.165) is 0 Å². The van der Waals surface area contributed by atoms with Crippen LogP contribution >= 0.6 is 0 Å². The fraction of sp³-hybridized carbons (Fsp3) is 0.632. The molecule has 1 aliphatic rings. The van der Waals surface area contributed by atoms with Crippen LogP contribution in [-0.4, -0.2) is 75.8 Å². The van der Waals surface area contributed by atoms with Crippen LogP contribution in [0.5, 0.6) is 5.75 Å². The average Bonchev–Trinajstić information content (AvgIpc) is 2.61. The second-order valence-corrected chi connectivity index (χ2v) is 9.32. The molecular formula is C19H31N3O5S. The fourth-order valence-electron chi connectivity index (χ4n) is 2.84. The lowest BCUT2D eigenvalue weighted by atomic mass is 10.2. The van der Waals surface area contributed by atoms with Crippen molar-refractivity contribution >= 4 is 16.1 Å². The van der Waals surface area contributed by atoms with Crippen LogP contribution in [0.1, 0.15) is 27.7 Å². The van der Waals surface area contributed by atoms with E-state index in [2.05, 4.69) is 9.62 Å². The second kappa shape index (κ2) is 9.58. The minimum atomic E-state index is -3.64. The van der Waals surface area contributed by atoms with Gasteiger partial charge < -0.3 is 14.4 Å². The molecule has 0 bridgehead atoms. The molecule has 1 N–H and O–H groups in total. The highest BCUT2D eigenvalue weighted by Crippen LogP contribution is 2.22. The minimum absolute atomic E-state index is 0.145. The number of nitrogens with zero attached hydrogens (tertiary/aromatic N) is 2. The number of ether oxygens (including phenoxy) is 2. The van der Waals surface area contributed by atoms with Gasteiger partial charge in [-0.3, -0.25) is 4.90 Å². The number of amides is 1. The summed E-state index contributed by atoms with van der Waals surface area (Å²) in [7, 11) is -3.64. The van der Waals surface area contributed by atoms with Gasteiger partial charge in [-0.05, 0) is 39.8 Å².